The van der Waals surface area contributed by atoms with E-state index in [0.29, 0.717) is 18.2 Å². The molecule has 0 aliphatic rings. The third kappa shape index (κ3) is 4.31. The first kappa shape index (κ1) is 15.0. The maximum Gasteiger partial charge on any atom is 0.337 e. The van der Waals surface area contributed by atoms with Crippen molar-refractivity contribution in [1.29, 1.82) is 0 Å². The fourth-order valence-corrected chi connectivity index (χ4v) is 2.10. The lowest BCUT2D eigenvalue weighted by atomic mass is 10.0. The quantitative estimate of drug-likeness (QED) is 0.723. The SMILES string of the molecule is CCC(CCO)CNc1ccc(Br)cc1C(=O)O. The highest BCUT2D eigenvalue weighted by atomic mass is 79.9. The number of nitrogens with one attached hydrogen (secondary N) is 1. The summed E-state index contributed by atoms with van der Waals surface area (Å²) in [6.45, 7) is 2.88. The number of aliphatic hydroxyl groups is 1. The van der Waals surface area contributed by atoms with E-state index in [4.69, 9.17) is 10.2 Å². The van der Waals surface area contributed by atoms with Crippen molar-refractivity contribution in [3.8, 4) is 0 Å². The Labute approximate surface area is 115 Å². The van der Waals surface area contributed by atoms with Crippen LogP contribution in [0.5, 0.6) is 0 Å². The van der Waals surface area contributed by atoms with Gasteiger partial charge in [0.05, 0.1) is 5.56 Å². The Bertz CT molecular complexity index is 409. The normalized spacial score (nSPS) is 12.2. The maximum absolute atomic E-state index is 11.1. The molecule has 0 heterocycles. The monoisotopic (exact) mass is 315 g/mol. The minimum atomic E-state index is -0.950. The van der Waals surface area contributed by atoms with Crippen LogP contribution in [0.25, 0.3) is 0 Å². The van der Waals surface area contributed by atoms with Crippen molar-refractivity contribution in [2.45, 2.75) is 19.8 Å². The number of hydrogen-bond donors (Lipinski definition) is 3. The van der Waals surface area contributed by atoms with E-state index in [9.17, 15) is 4.79 Å². The van der Waals surface area contributed by atoms with Crippen LogP contribution < -0.4 is 5.32 Å². The number of benzene rings is 1. The van der Waals surface area contributed by atoms with Gasteiger partial charge in [-0.3, -0.25) is 0 Å². The Morgan fingerprint density at radius 2 is 2.22 bits per heavy atom. The fraction of sp³-hybridized carbons (Fsp3) is 0.462. The van der Waals surface area contributed by atoms with Gasteiger partial charge in [0.15, 0.2) is 0 Å². The van der Waals surface area contributed by atoms with Crippen molar-refractivity contribution in [2.75, 3.05) is 18.5 Å². The summed E-state index contributed by atoms with van der Waals surface area (Å²) >= 11 is 3.26. The standard InChI is InChI=1S/C13H18BrNO3/c1-2-9(5-6-16)8-15-12-4-3-10(14)7-11(12)13(17)18/h3-4,7,9,15-16H,2,5-6,8H2,1H3,(H,17,18). The molecule has 0 saturated carbocycles. The van der Waals surface area contributed by atoms with E-state index in [0.717, 1.165) is 17.3 Å². The first-order valence-corrected chi connectivity index (χ1v) is 6.75. The van der Waals surface area contributed by atoms with E-state index in [2.05, 4.69) is 28.2 Å². The number of carbonyl (C=O) groups is 1. The number of carboxylic acid groups (broad SMARTS) is 1. The molecule has 1 aromatic rings. The molecule has 3 N–H and O–H groups in total. The number of aromatic carboxylic acids is 1. The van der Waals surface area contributed by atoms with Crippen molar-refractivity contribution in [3.63, 3.8) is 0 Å². The summed E-state index contributed by atoms with van der Waals surface area (Å²) < 4.78 is 0.743. The van der Waals surface area contributed by atoms with Gasteiger partial charge in [-0.2, -0.15) is 0 Å². The number of aliphatic hydroxyl groups excluding tert-OH is 1. The van der Waals surface area contributed by atoms with Gasteiger partial charge >= 0.3 is 5.97 Å². The fourth-order valence-electron chi connectivity index (χ4n) is 1.73. The molecule has 0 saturated heterocycles. The van der Waals surface area contributed by atoms with Gasteiger partial charge in [0.25, 0.3) is 0 Å². The molecule has 0 aliphatic heterocycles. The average molecular weight is 316 g/mol. The predicted octanol–water partition coefficient (Wildman–Crippen LogP) is 2.97. The zero-order valence-electron chi connectivity index (χ0n) is 10.3. The van der Waals surface area contributed by atoms with Gasteiger partial charge < -0.3 is 15.5 Å². The lowest BCUT2D eigenvalue weighted by Gasteiger charge is -2.16. The van der Waals surface area contributed by atoms with Gasteiger partial charge in [-0.05, 0) is 30.5 Å². The lowest BCUT2D eigenvalue weighted by Crippen LogP contribution is -2.16. The molecule has 0 fully saturated rings. The number of rotatable bonds is 7. The van der Waals surface area contributed by atoms with E-state index in [1.807, 2.05) is 6.07 Å². The van der Waals surface area contributed by atoms with Crippen LogP contribution in [0, 0.1) is 5.92 Å². The molecule has 0 spiro atoms. The van der Waals surface area contributed by atoms with Crippen LogP contribution >= 0.6 is 15.9 Å². The molecule has 0 bridgehead atoms. The molecule has 0 radical (unpaired) electrons. The molecule has 0 aromatic heterocycles. The van der Waals surface area contributed by atoms with Crippen molar-refractivity contribution >= 4 is 27.6 Å². The van der Waals surface area contributed by atoms with Crippen molar-refractivity contribution in [1.82, 2.24) is 0 Å². The topological polar surface area (TPSA) is 69.6 Å². The Balaban J connectivity index is 2.74. The maximum atomic E-state index is 11.1. The third-order valence-electron chi connectivity index (χ3n) is 2.91. The Kier molecular flexibility index (Phi) is 6.15. The largest absolute Gasteiger partial charge is 0.478 e. The van der Waals surface area contributed by atoms with E-state index in [1.54, 1.807) is 12.1 Å². The van der Waals surface area contributed by atoms with Crippen LogP contribution in [-0.2, 0) is 0 Å². The van der Waals surface area contributed by atoms with E-state index in [-0.39, 0.29) is 12.2 Å². The smallest absolute Gasteiger partial charge is 0.337 e. The zero-order chi connectivity index (χ0) is 13.5. The molecule has 4 nitrogen and oxygen atoms in total. The predicted molar refractivity (Wildman–Crippen MR) is 75.1 cm³/mol. The summed E-state index contributed by atoms with van der Waals surface area (Å²) in [5, 5.41) is 21.2. The second kappa shape index (κ2) is 7.38. The molecular formula is C13H18BrNO3. The molecule has 1 rings (SSSR count). The molecule has 0 amide bonds. The summed E-state index contributed by atoms with van der Waals surface area (Å²) in [6.07, 6.45) is 1.68. The average Bonchev–Trinajstić information content (AvgIpc) is 2.35. The minimum Gasteiger partial charge on any atom is -0.478 e. The molecule has 100 valence electrons. The van der Waals surface area contributed by atoms with Crippen molar-refractivity contribution < 1.29 is 15.0 Å². The van der Waals surface area contributed by atoms with Gasteiger partial charge in [-0.1, -0.05) is 29.3 Å². The van der Waals surface area contributed by atoms with Crippen LogP contribution in [-0.4, -0.2) is 29.3 Å². The molecule has 1 atom stereocenters. The molecule has 18 heavy (non-hydrogen) atoms. The molecular weight excluding hydrogens is 298 g/mol. The van der Waals surface area contributed by atoms with E-state index in [1.165, 1.54) is 0 Å². The molecule has 1 aromatic carbocycles. The summed E-state index contributed by atoms with van der Waals surface area (Å²) in [7, 11) is 0. The summed E-state index contributed by atoms with van der Waals surface area (Å²) in [5.74, 6) is -0.603. The second-order valence-corrected chi connectivity index (χ2v) is 5.08. The third-order valence-corrected chi connectivity index (χ3v) is 3.40. The highest BCUT2D eigenvalue weighted by Crippen LogP contribution is 2.22. The molecule has 0 aliphatic carbocycles. The number of carboxylic acids is 1. The van der Waals surface area contributed by atoms with Gasteiger partial charge in [0.1, 0.15) is 0 Å². The summed E-state index contributed by atoms with van der Waals surface area (Å²) in [5.41, 5.74) is 0.866. The van der Waals surface area contributed by atoms with Crippen molar-refractivity contribution in [2.24, 2.45) is 5.92 Å². The molecule has 1 unspecified atom stereocenters. The van der Waals surface area contributed by atoms with Crippen LogP contribution in [0.4, 0.5) is 5.69 Å². The number of anilines is 1. The second-order valence-electron chi connectivity index (χ2n) is 4.16. The van der Waals surface area contributed by atoms with Gasteiger partial charge in [-0.15, -0.1) is 0 Å². The Morgan fingerprint density at radius 1 is 1.50 bits per heavy atom. The van der Waals surface area contributed by atoms with Gasteiger partial charge in [0, 0.05) is 23.3 Å². The molecule has 5 heteroatoms. The first-order chi connectivity index (χ1) is 8.58. The van der Waals surface area contributed by atoms with Gasteiger partial charge in [-0.25, -0.2) is 4.79 Å². The zero-order valence-corrected chi connectivity index (χ0v) is 11.9. The van der Waals surface area contributed by atoms with Crippen LogP contribution in [0.15, 0.2) is 22.7 Å². The van der Waals surface area contributed by atoms with Crippen LogP contribution in [0.1, 0.15) is 30.1 Å². The lowest BCUT2D eigenvalue weighted by molar-refractivity contribution is 0.0698. The summed E-state index contributed by atoms with van der Waals surface area (Å²) in [6, 6.07) is 5.14. The minimum absolute atomic E-state index is 0.159. The van der Waals surface area contributed by atoms with Crippen molar-refractivity contribution in [3.05, 3.63) is 28.2 Å². The van der Waals surface area contributed by atoms with E-state index >= 15 is 0 Å². The number of halogens is 1. The van der Waals surface area contributed by atoms with E-state index < -0.39 is 5.97 Å². The number of hydrogen-bond acceptors (Lipinski definition) is 3. The highest BCUT2D eigenvalue weighted by Gasteiger charge is 2.12. The first-order valence-electron chi connectivity index (χ1n) is 5.96. The summed E-state index contributed by atoms with van der Waals surface area (Å²) in [4.78, 5) is 11.1. The van der Waals surface area contributed by atoms with Crippen LogP contribution in [0.2, 0.25) is 0 Å². The Hall–Kier alpha value is -1.07. The highest BCUT2D eigenvalue weighted by molar-refractivity contribution is 9.10. The van der Waals surface area contributed by atoms with Crippen LogP contribution in [0.3, 0.4) is 0 Å². The van der Waals surface area contributed by atoms with Gasteiger partial charge in [0.2, 0.25) is 0 Å². The Morgan fingerprint density at radius 3 is 2.78 bits per heavy atom.